The Bertz CT molecular complexity index is 193. The highest BCUT2D eigenvalue weighted by Crippen LogP contribution is 2.03. The van der Waals surface area contributed by atoms with Crippen molar-refractivity contribution in [1.82, 2.24) is 5.32 Å². The first-order chi connectivity index (χ1) is 6.82. The number of carbonyl (C=O) groups excluding carboxylic acids is 1. The van der Waals surface area contributed by atoms with E-state index in [1.54, 1.807) is 6.92 Å². The molecule has 0 saturated carbocycles. The van der Waals surface area contributed by atoms with Gasteiger partial charge in [-0.05, 0) is 32.6 Å². The van der Waals surface area contributed by atoms with Gasteiger partial charge in [0.15, 0.2) is 0 Å². The Morgan fingerprint density at radius 1 is 1.27 bits per heavy atom. The highest BCUT2D eigenvalue weighted by Gasteiger charge is 2.17. The maximum atomic E-state index is 11.6. The zero-order valence-corrected chi connectivity index (χ0v) is 10.2. The van der Waals surface area contributed by atoms with E-state index in [4.69, 9.17) is 10.8 Å². The minimum atomic E-state index is -0.443. The van der Waals surface area contributed by atoms with Crippen LogP contribution in [0.3, 0.4) is 0 Å². The van der Waals surface area contributed by atoms with Crippen LogP contribution in [-0.4, -0.2) is 29.2 Å². The van der Waals surface area contributed by atoms with E-state index in [0.29, 0.717) is 18.8 Å². The number of aliphatic hydroxyl groups is 1. The van der Waals surface area contributed by atoms with Gasteiger partial charge in [0.2, 0.25) is 5.91 Å². The molecule has 4 heteroatoms. The van der Waals surface area contributed by atoms with Gasteiger partial charge in [0.1, 0.15) is 0 Å². The van der Waals surface area contributed by atoms with Gasteiger partial charge >= 0.3 is 0 Å². The fourth-order valence-electron chi connectivity index (χ4n) is 1.54. The monoisotopic (exact) mass is 216 g/mol. The number of carbonyl (C=O) groups is 1. The lowest BCUT2D eigenvalue weighted by atomic mass is 10.0. The smallest absolute Gasteiger partial charge is 0.237 e. The summed E-state index contributed by atoms with van der Waals surface area (Å²) in [5.41, 5.74) is 5.72. The molecule has 15 heavy (non-hydrogen) atoms. The summed E-state index contributed by atoms with van der Waals surface area (Å²) in [6.07, 6.45) is 0.842. The van der Waals surface area contributed by atoms with Gasteiger partial charge < -0.3 is 16.2 Å². The van der Waals surface area contributed by atoms with E-state index in [-0.39, 0.29) is 11.9 Å². The second-order valence-corrected chi connectivity index (χ2v) is 4.73. The van der Waals surface area contributed by atoms with E-state index in [9.17, 15) is 4.79 Å². The standard InChI is InChI=1S/C11H24N2O2/c1-7(2)5-10(12)11(15)13-8(3)6-9(4)14/h7-10,14H,5-6,12H2,1-4H3,(H,13,15)/t8?,9?,10-/m0/s1. The van der Waals surface area contributed by atoms with Crippen LogP contribution in [0.2, 0.25) is 0 Å². The fraction of sp³-hybridized carbons (Fsp3) is 0.909. The van der Waals surface area contributed by atoms with Crippen molar-refractivity contribution >= 4 is 5.91 Å². The zero-order chi connectivity index (χ0) is 12.0. The van der Waals surface area contributed by atoms with E-state index >= 15 is 0 Å². The molecule has 0 fully saturated rings. The molecule has 0 saturated heterocycles. The quantitative estimate of drug-likeness (QED) is 0.610. The van der Waals surface area contributed by atoms with Gasteiger partial charge in [0.05, 0.1) is 12.1 Å². The van der Waals surface area contributed by atoms with Crippen molar-refractivity contribution in [3.63, 3.8) is 0 Å². The Kier molecular flexibility index (Phi) is 6.52. The van der Waals surface area contributed by atoms with Gasteiger partial charge in [-0.2, -0.15) is 0 Å². The van der Waals surface area contributed by atoms with Crippen molar-refractivity contribution in [2.45, 2.75) is 58.7 Å². The van der Waals surface area contributed by atoms with Gasteiger partial charge in [-0.15, -0.1) is 0 Å². The van der Waals surface area contributed by atoms with Crippen LogP contribution < -0.4 is 11.1 Å². The molecule has 0 radical (unpaired) electrons. The molecule has 2 unspecified atom stereocenters. The van der Waals surface area contributed by atoms with E-state index < -0.39 is 12.1 Å². The second-order valence-electron chi connectivity index (χ2n) is 4.73. The third-order valence-electron chi connectivity index (χ3n) is 2.15. The molecule has 4 nitrogen and oxygen atoms in total. The molecular formula is C11H24N2O2. The third-order valence-corrected chi connectivity index (χ3v) is 2.15. The lowest BCUT2D eigenvalue weighted by Gasteiger charge is -2.19. The van der Waals surface area contributed by atoms with E-state index in [2.05, 4.69) is 5.32 Å². The first-order valence-corrected chi connectivity index (χ1v) is 5.57. The SMILES string of the molecule is CC(C)C[C@H](N)C(=O)NC(C)CC(C)O. The van der Waals surface area contributed by atoms with Gasteiger partial charge in [-0.3, -0.25) is 4.79 Å². The molecule has 0 aromatic rings. The summed E-state index contributed by atoms with van der Waals surface area (Å²) in [4.78, 5) is 11.6. The Morgan fingerprint density at radius 2 is 1.80 bits per heavy atom. The van der Waals surface area contributed by atoms with Crippen LogP contribution in [-0.2, 0) is 4.79 Å². The molecule has 0 bridgehead atoms. The molecule has 0 aromatic heterocycles. The number of hydrogen-bond acceptors (Lipinski definition) is 3. The largest absolute Gasteiger partial charge is 0.393 e. The Morgan fingerprint density at radius 3 is 2.20 bits per heavy atom. The number of nitrogens with one attached hydrogen (secondary N) is 1. The maximum absolute atomic E-state index is 11.6. The average Bonchev–Trinajstić information content (AvgIpc) is 2.00. The van der Waals surface area contributed by atoms with Crippen LogP contribution in [0.15, 0.2) is 0 Å². The van der Waals surface area contributed by atoms with Gasteiger partial charge in [0.25, 0.3) is 0 Å². The molecule has 0 heterocycles. The molecule has 4 N–H and O–H groups in total. The summed E-state index contributed by atoms with van der Waals surface area (Å²) >= 11 is 0. The highest BCUT2D eigenvalue weighted by atomic mass is 16.3. The van der Waals surface area contributed by atoms with Crippen LogP contribution in [0.25, 0.3) is 0 Å². The number of hydrogen-bond donors (Lipinski definition) is 3. The zero-order valence-electron chi connectivity index (χ0n) is 10.2. The molecule has 0 aliphatic rings. The lowest BCUT2D eigenvalue weighted by molar-refractivity contribution is -0.123. The predicted molar refractivity (Wildman–Crippen MR) is 61.3 cm³/mol. The minimum Gasteiger partial charge on any atom is -0.393 e. The van der Waals surface area contributed by atoms with Crippen molar-refractivity contribution in [2.24, 2.45) is 11.7 Å². The number of rotatable bonds is 6. The Labute approximate surface area is 92.2 Å². The normalized spacial score (nSPS) is 17.3. The average molecular weight is 216 g/mol. The van der Waals surface area contributed by atoms with Crippen LogP contribution in [0.5, 0.6) is 0 Å². The summed E-state index contributed by atoms with van der Waals surface area (Å²) in [6, 6.07) is -0.475. The van der Waals surface area contributed by atoms with Gasteiger partial charge in [-0.25, -0.2) is 0 Å². The summed E-state index contributed by atoms with van der Waals surface area (Å²) in [6.45, 7) is 7.64. The Hall–Kier alpha value is -0.610. The summed E-state index contributed by atoms with van der Waals surface area (Å²) < 4.78 is 0. The maximum Gasteiger partial charge on any atom is 0.237 e. The highest BCUT2D eigenvalue weighted by molar-refractivity contribution is 5.81. The lowest BCUT2D eigenvalue weighted by Crippen LogP contribution is -2.45. The summed E-state index contributed by atoms with van der Waals surface area (Å²) in [5.74, 6) is 0.287. The molecule has 0 aliphatic heterocycles. The van der Waals surface area contributed by atoms with E-state index in [1.165, 1.54) is 0 Å². The molecule has 0 aromatic carbocycles. The fourth-order valence-corrected chi connectivity index (χ4v) is 1.54. The number of nitrogens with two attached hydrogens (primary N) is 1. The molecular weight excluding hydrogens is 192 g/mol. The molecule has 90 valence electrons. The molecule has 3 atom stereocenters. The van der Waals surface area contributed by atoms with Crippen molar-refractivity contribution in [1.29, 1.82) is 0 Å². The third kappa shape index (κ3) is 7.33. The van der Waals surface area contributed by atoms with Crippen LogP contribution in [0, 0.1) is 5.92 Å². The summed E-state index contributed by atoms with van der Waals surface area (Å²) in [5, 5.41) is 11.9. The van der Waals surface area contributed by atoms with Gasteiger partial charge in [0, 0.05) is 6.04 Å². The van der Waals surface area contributed by atoms with E-state index in [0.717, 1.165) is 0 Å². The van der Waals surface area contributed by atoms with Crippen molar-refractivity contribution in [3.8, 4) is 0 Å². The molecule has 0 rings (SSSR count). The Balaban J connectivity index is 3.90. The van der Waals surface area contributed by atoms with E-state index in [1.807, 2.05) is 20.8 Å². The van der Waals surface area contributed by atoms with Crippen molar-refractivity contribution in [3.05, 3.63) is 0 Å². The van der Waals surface area contributed by atoms with Gasteiger partial charge in [-0.1, -0.05) is 13.8 Å². The first kappa shape index (κ1) is 14.4. The van der Waals surface area contributed by atoms with Crippen LogP contribution in [0.1, 0.15) is 40.5 Å². The topological polar surface area (TPSA) is 75.4 Å². The summed E-state index contributed by atoms with van der Waals surface area (Å²) in [7, 11) is 0. The van der Waals surface area contributed by atoms with Crippen LogP contribution >= 0.6 is 0 Å². The predicted octanol–water partition coefficient (Wildman–Crippen LogP) is 0.635. The van der Waals surface area contributed by atoms with Crippen LogP contribution in [0.4, 0.5) is 0 Å². The molecule has 0 spiro atoms. The number of aliphatic hydroxyl groups excluding tert-OH is 1. The number of amides is 1. The van der Waals surface area contributed by atoms with Crippen molar-refractivity contribution < 1.29 is 9.90 Å². The van der Waals surface area contributed by atoms with Crippen molar-refractivity contribution in [2.75, 3.05) is 0 Å². The second kappa shape index (κ2) is 6.80. The first-order valence-electron chi connectivity index (χ1n) is 5.57. The minimum absolute atomic E-state index is 0.0317. The molecule has 0 aliphatic carbocycles. The molecule has 1 amide bonds.